The van der Waals surface area contributed by atoms with Crippen molar-refractivity contribution in [2.45, 2.75) is 45.6 Å². The summed E-state index contributed by atoms with van der Waals surface area (Å²) in [5, 5.41) is 3.29. The van der Waals surface area contributed by atoms with Crippen LogP contribution in [0.4, 0.5) is 5.69 Å². The van der Waals surface area contributed by atoms with E-state index < -0.39 is 0 Å². The largest absolute Gasteiger partial charge is 0.311 e. The van der Waals surface area contributed by atoms with Gasteiger partial charge in [-0.15, -0.1) is 0 Å². The number of anilines is 1. The van der Waals surface area contributed by atoms with Crippen LogP contribution in [-0.4, -0.2) is 25.0 Å². The first-order valence-electron chi connectivity index (χ1n) is 7.40. The molecule has 0 aliphatic carbocycles. The smallest absolute Gasteiger partial charge is 0.244 e. The lowest BCUT2D eigenvalue weighted by Crippen LogP contribution is -2.51. The quantitative estimate of drug-likeness (QED) is 0.883. The molecular weight excluding hydrogens is 236 g/mol. The minimum atomic E-state index is -0.00608. The van der Waals surface area contributed by atoms with Gasteiger partial charge in [0.1, 0.15) is 0 Å². The highest BCUT2D eigenvalue weighted by Gasteiger charge is 2.29. The molecule has 1 fully saturated rings. The minimum Gasteiger partial charge on any atom is -0.311 e. The lowest BCUT2D eigenvalue weighted by molar-refractivity contribution is -0.121. The number of hydrogen-bond donors (Lipinski definition) is 1. The zero-order valence-electron chi connectivity index (χ0n) is 12.0. The Hall–Kier alpha value is -1.35. The molecule has 3 nitrogen and oxygen atoms in total. The van der Waals surface area contributed by atoms with Crippen LogP contribution in [0.3, 0.4) is 0 Å². The molecule has 19 heavy (non-hydrogen) atoms. The van der Waals surface area contributed by atoms with Gasteiger partial charge in [-0.2, -0.15) is 0 Å². The Balaban J connectivity index is 2.22. The molecule has 1 heterocycles. The van der Waals surface area contributed by atoms with Gasteiger partial charge in [0, 0.05) is 12.2 Å². The van der Waals surface area contributed by atoms with Crippen LogP contribution in [0.1, 0.15) is 38.7 Å². The van der Waals surface area contributed by atoms with Crippen molar-refractivity contribution in [3.8, 4) is 0 Å². The number of nitrogens with zero attached hydrogens (tertiary/aromatic N) is 1. The van der Waals surface area contributed by atoms with Crippen LogP contribution in [0.25, 0.3) is 0 Å². The molecule has 3 heteroatoms. The number of benzene rings is 1. The van der Waals surface area contributed by atoms with Crippen LogP contribution in [-0.2, 0) is 11.2 Å². The van der Waals surface area contributed by atoms with E-state index in [0.717, 1.165) is 44.5 Å². The number of carbonyl (C=O) groups excluding carboxylic acids is 1. The van der Waals surface area contributed by atoms with Crippen molar-refractivity contribution in [1.82, 2.24) is 5.32 Å². The monoisotopic (exact) mass is 260 g/mol. The molecule has 0 aromatic heterocycles. The van der Waals surface area contributed by atoms with Crippen LogP contribution < -0.4 is 10.2 Å². The predicted octanol–water partition coefficient (Wildman–Crippen LogP) is 2.74. The first-order chi connectivity index (χ1) is 9.27. The Labute approximate surface area is 116 Å². The Bertz CT molecular complexity index is 429. The van der Waals surface area contributed by atoms with Gasteiger partial charge < -0.3 is 10.2 Å². The Morgan fingerprint density at radius 3 is 2.84 bits per heavy atom. The number of likely N-dealkylation sites (N-methyl/N-ethyl adjacent to an activating group) is 1. The van der Waals surface area contributed by atoms with Gasteiger partial charge in [-0.3, -0.25) is 4.79 Å². The molecule has 1 aromatic carbocycles. The Kier molecular flexibility index (Phi) is 4.97. The molecule has 0 spiro atoms. The first kappa shape index (κ1) is 14.1. The number of amides is 1. The number of para-hydroxylation sites is 1. The molecule has 0 bridgehead atoms. The zero-order valence-corrected chi connectivity index (χ0v) is 12.0. The molecular formula is C16H24N2O. The molecule has 1 aliphatic rings. The van der Waals surface area contributed by atoms with Crippen molar-refractivity contribution in [2.75, 3.05) is 18.0 Å². The number of aryl methyl sites for hydroxylation is 1. The maximum absolute atomic E-state index is 12.5. The average molecular weight is 260 g/mol. The van der Waals surface area contributed by atoms with Gasteiger partial charge in [-0.1, -0.05) is 38.5 Å². The molecule has 1 aromatic rings. The van der Waals surface area contributed by atoms with Gasteiger partial charge in [-0.25, -0.2) is 0 Å². The maximum atomic E-state index is 12.5. The van der Waals surface area contributed by atoms with Crippen LogP contribution in [0.5, 0.6) is 0 Å². The second kappa shape index (κ2) is 6.71. The fourth-order valence-corrected chi connectivity index (χ4v) is 2.81. The molecule has 0 radical (unpaired) electrons. The van der Waals surface area contributed by atoms with Crippen molar-refractivity contribution in [3.05, 3.63) is 29.8 Å². The molecule has 1 aliphatic heterocycles. The van der Waals surface area contributed by atoms with Crippen LogP contribution in [0.2, 0.25) is 0 Å². The van der Waals surface area contributed by atoms with E-state index in [1.807, 2.05) is 11.0 Å². The van der Waals surface area contributed by atoms with Crippen molar-refractivity contribution in [1.29, 1.82) is 0 Å². The molecule has 1 unspecified atom stereocenters. The third kappa shape index (κ3) is 3.16. The number of piperidine rings is 1. The maximum Gasteiger partial charge on any atom is 0.244 e. The van der Waals surface area contributed by atoms with Gasteiger partial charge in [0.15, 0.2) is 0 Å². The summed E-state index contributed by atoms with van der Waals surface area (Å²) in [5.41, 5.74) is 2.40. The summed E-state index contributed by atoms with van der Waals surface area (Å²) in [6, 6.07) is 8.30. The average Bonchev–Trinajstić information content (AvgIpc) is 2.43. The van der Waals surface area contributed by atoms with E-state index in [9.17, 15) is 4.79 Å². The highest BCUT2D eigenvalue weighted by Crippen LogP contribution is 2.26. The number of carbonyl (C=O) groups is 1. The normalized spacial score (nSPS) is 19.8. The molecule has 1 saturated heterocycles. The third-order valence-corrected chi connectivity index (χ3v) is 3.69. The fraction of sp³-hybridized carbons (Fsp3) is 0.562. The standard InChI is InChI=1S/C16H24N2O/c1-3-8-13-9-5-6-11-15(13)18-12-7-10-14(16(18)19)17-4-2/h5-6,9,11,14,17H,3-4,7-8,10,12H2,1-2H3. The first-order valence-corrected chi connectivity index (χ1v) is 7.40. The molecule has 1 N–H and O–H groups in total. The lowest BCUT2D eigenvalue weighted by Gasteiger charge is -2.33. The topological polar surface area (TPSA) is 32.3 Å². The van der Waals surface area contributed by atoms with Crippen molar-refractivity contribution in [2.24, 2.45) is 0 Å². The molecule has 0 saturated carbocycles. The van der Waals surface area contributed by atoms with E-state index in [1.165, 1.54) is 5.56 Å². The second-order valence-electron chi connectivity index (χ2n) is 5.12. The van der Waals surface area contributed by atoms with Crippen LogP contribution >= 0.6 is 0 Å². The summed E-state index contributed by atoms with van der Waals surface area (Å²) >= 11 is 0. The summed E-state index contributed by atoms with van der Waals surface area (Å²) in [6.45, 7) is 5.93. The van der Waals surface area contributed by atoms with E-state index in [2.05, 4.69) is 37.4 Å². The second-order valence-corrected chi connectivity index (χ2v) is 5.12. The van der Waals surface area contributed by atoms with E-state index in [0.29, 0.717) is 0 Å². The van der Waals surface area contributed by atoms with E-state index >= 15 is 0 Å². The third-order valence-electron chi connectivity index (χ3n) is 3.69. The summed E-state index contributed by atoms with van der Waals surface area (Å²) in [7, 11) is 0. The number of nitrogens with one attached hydrogen (secondary N) is 1. The SMILES string of the molecule is CCCc1ccccc1N1CCCC(NCC)C1=O. The number of hydrogen-bond acceptors (Lipinski definition) is 2. The molecule has 1 atom stereocenters. The fourth-order valence-electron chi connectivity index (χ4n) is 2.81. The minimum absolute atomic E-state index is 0.00608. The van der Waals surface area contributed by atoms with Crippen molar-refractivity contribution in [3.63, 3.8) is 0 Å². The highest BCUT2D eigenvalue weighted by atomic mass is 16.2. The summed E-state index contributed by atoms with van der Waals surface area (Å²) in [6.07, 6.45) is 4.17. The summed E-state index contributed by atoms with van der Waals surface area (Å²) in [4.78, 5) is 14.5. The van der Waals surface area contributed by atoms with Gasteiger partial charge in [0.05, 0.1) is 6.04 Å². The van der Waals surface area contributed by atoms with E-state index in [1.54, 1.807) is 0 Å². The number of rotatable bonds is 5. The summed E-state index contributed by atoms with van der Waals surface area (Å²) < 4.78 is 0. The highest BCUT2D eigenvalue weighted by molar-refractivity contribution is 5.98. The Morgan fingerprint density at radius 1 is 1.32 bits per heavy atom. The van der Waals surface area contributed by atoms with E-state index in [4.69, 9.17) is 0 Å². The molecule has 104 valence electrons. The van der Waals surface area contributed by atoms with Crippen molar-refractivity contribution >= 4 is 11.6 Å². The van der Waals surface area contributed by atoms with Crippen LogP contribution in [0.15, 0.2) is 24.3 Å². The van der Waals surface area contributed by atoms with E-state index in [-0.39, 0.29) is 11.9 Å². The van der Waals surface area contributed by atoms with Gasteiger partial charge >= 0.3 is 0 Å². The summed E-state index contributed by atoms with van der Waals surface area (Å²) in [5.74, 6) is 0.233. The Morgan fingerprint density at radius 2 is 2.11 bits per heavy atom. The zero-order chi connectivity index (χ0) is 13.7. The van der Waals surface area contributed by atoms with Gasteiger partial charge in [-0.05, 0) is 37.4 Å². The molecule has 1 amide bonds. The van der Waals surface area contributed by atoms with Crippen LogP contribution in [0, 0.1) is 0 Å². The lowest BCUT2D eigenvalue weighted by atomic mass is 10.0. The van der Waals surface area contributed by atoms with Crippen molar-refractivity contribution < 1.29 is 4.79 Å². The van der Waals surface area contributed by atoms with Gasteiger partial charge in [0.2, 0.25) is 5.91 Å². The predicted molar refractivity (Wildman–Crippen MR) is 79.5 cm³/mol. The molecule has 2 rings (SSSR count). The van der Waals surface area contributed by atoms with Gasteiger partial charge in [0.25, 0.3) is 0 Å².